The second-order valence-electron chi connectivity index (χ2n) is 5.91. The first-order valence-corrected chi connectivity index (χ1v) is 8.31. The van der Waals surface area contributed by atoms with Crippen molar-refractivity contribution in [3.05, 3.63) is 29.8 Å². The second-order valence-corrected chi connectivity index (χ2v) is 7.67. The van der Waals surface area contributed by atoms with Crippen LogP contribution in [0.2, 0.25) is 0 Å². The number of aryl methyl sites for hydroxylation is 1. The highest BCUT2D eigenvalue weighted by atomic mass is 32.2. The summed E-state index contributed by atoms with van der Waals surface area (Å²) in [5.41, 5.74) is 1.05. The van der Waals surface area contributed by atoms with E-state index in [1.807, 2.05) is 19.1 Å². The van der Waals surface area contributed by atoms with E-state index in [1.54, 1.807) is 12.1 Å². The van der Waals surface area contributed by atoms with Crippen LogP contribution in [0.4, 0.5) is 0 Å². The lowest BCUT2D eigenvalue weighted by atomic mass is 9.88. The molecule has 19 heavy (non-hydrogen) atoms. The molecule has 4 heteroatoms. The van der Waals surface area contributed by atoms with E-state index in [2.05, 4.69) is 25.5 Å². The Morgan fingerprint density at radius 1 is 1.16 bits per heavy atom. The molecule has 1 aromatic rings. The molecule has 0 bridgehead atoms. The van der Waals surface area contributed by atoms with E-state index in [0.717, 1.165) is 24.8 Å². The standard InChI is InChI=1S/C15H25NO2S/c1-5-6-11-15(3,4)12-16-19(17,18)14-9-7-13(2)8-10-14/h7-10,16H,5-6,11-12H2,1-4H3. The van der Waals surface area contributed by atoms with E-state index in [4.69, 9.17) is 0 Å². The van der Waals surface area contributed by atoms with Crippen molar-refractivity contribution in [3.63, 3.8) is 0 Å². The molecule has 0 fully saturated rings. The minimum absolute atomic E-state index is 0.00617. The summed E-state index contributed by atoms with van der Waals surface area (Å²) >= 11 is 0. The van der Waals surface area contributed by atoms with Crippen LogP contribution in [0.15, 0.2) is 29.2 Å². The Morgan fingerprint density at radius 2 is 1.74 bits per heavy atom. The van der Waals surface area contributed by atoms with Gasteiger partial charge in [0.25, 0.3) is 0 Å². The molecule has 0 saturated heterocycles. The fourth-order valence-corrected chi connectivity index (χ4v) is 3.08. The third kappa shape index (κ3) is 5.33. The van der Waals surface area contributed by atoms with Crippen LogP contribution in [0.25, 0.3) is 0 Å². The first-order chi connectivity index (χ1) is 8.77. The van der Waals surface area contributed by atoms with Gasteiger partial charge in [-0.1, -0.05) is 51.3 Å². The summed E-state index contributed by atoms with van der Waals surface area (Å²) < 4.78 is 27.0. The van der Waals surface area contributed by atoms with E-state index >= 15 is 0 Å². The molecule has 108 valence electrons. The van der Waals surface area contributed by atoms with Gasteiger partial charge in [-0.25, -0.2) is 13.1 Å². The summed E-state index contributed by atoms with van der Waals surface area (Å²) in [6, 6.07) is 6.93. The molecule has 0 spiro atoms. The van der Waals surface area contributed by atoms with Crippen molar-refractivity contribution in [2.24, 2.45) is 5.41 Å². The van der Waals surface area contributed by atoms with Crippen molar-refractivity contribution >= 4 is 10.0 Å². The predicted octanol–water partition coefficient (Wildman–Crippen LogP) is 3.49. The van der Waals surface area contributed by atoms with Gasteiger partial charge in [-0.05, 0) is 30.9 Å². The third-order valence-corrected chi connectivity index (χ3v) is 4.70. The van der Waals surface area contributed by atoms with Gasteiger partial charge in [0.05, 0.1) is 4.90 Å². The van der Waals surface area contributed by atoms with Gasteiger partial charge in [-0.15, -0.1) is 0 Å². The van der Waals surface area contributed by atoms with Gasteiger partial charge >= 0.3 is 0 Å². The molecule has 0 unspecified atom stereocenters. The van der Waals surface area contributed by atoms with Crippen molar-refractivity contribution in [2.75, 3.05) is 6.54 Å². The summed E-state index contributed by atoms with van der Waals surface area (Å²) in [5, 5.41) is 0. The van der Waals surface area contributed by atoms with Gasteiger partial charge in [0.1, 0.15) is 0 Å². The zero-order valence-electron chi connectivity index (χ0n) is 12.4. The normalized spacial score (nSPS) is 12.6. The zero-order valence-corrected chi connectivity index (χ0v) is 13.2. The molecule has 1 rings (SSSR count). The minimum atomic E-state index is -3.39. The van der Waals surface area contributed by atoms with Crippen LogP contribution in [0.1, 0.15) is 45.6 Å². The van der Waals surface area contributed by atoms with Crippen molar-refractivity contribution in [1.82, 2.24) is 4.72 Å². The molecule has 0 aliphatic heterocycles. The Morgan fingerprint density at radius 3 is 2.26 bits per heavy atom. The smallest absolute Gasteiger partial charge is 0.211 e. The molecule has 0 radical (unpaired) electrons. The maximum atomic E-state index is 12.2. The third-order valence-electron chi connectivity index (χ3n) is 3.28. The summed E-state index contributed by atoms with van der Waals surface area (Å²) in [6.45, 7) is 8.76. The monoisotopic (exact) mass is 283 g/mol. The summed E-state index contributed by atoms with van der Waals surface area (Å²) in [5.74, 6) is 0. The molecule has 0 amide bonds. The van der Waals surface area contributed by atoms with Crippen molar-refractivity contribution in [2.45, 2.75) is 51.9 Å². The molecule has 0 aliphatic carbocycles. The molecule has 0 atom stereocenters. The van der Waals surface area contributed by atoms with Crippen molar-refractivity contribution in [3.8, 4) is 0 Å². The summed E-state index contributed by atoms with van der Waals surface area (Å²) in [7, 11) is -3.39. The average Bonchev–Trinajstić information content (AvgIpc) is 2.35. The first-order valence-electron chi connectivity index (χ1n) is 6.83. The number of hydrogen-bond acceptors (Lipinski definition) is 2. The molecule has 0 aromatic heterocycles. The molecule has 1 aromatic carbocycles. The Bertz CT molecular complexity index is 489. The van der Waals surface area contributed by atoms with Crippen LogP contribution in [0.5, 0.6) is 0 Å². The summed E-state index contributed by atoms with van der Waals surface area (Å²) in [4.78, 5) is 0.337. The molecule has 0 heterocycles. The summed E-state index contributed by atoms with van der Waals surface area (Å²) in [6.07, 6.45) is 3.29. The fraction of sp³-hybridized carbons (Fsp3) is 0.600. The van der Waals surface area contributed by atoms with E-state index in [0.29, 0.717) is 11.4 Å². The molecule has 0 saturated carbocycles. The maximum Gasteiger partial charge on any atom is 0.240 e. The lowest BCUT2D eigenvalue weighted by Gasteiger charge is -2.24. The molecular formula is C15H25NO2S. The van der Waals surface area contributed by atoms with Crippen LogP contribution < -0.4 is 4.72 Å². The second kappa shape index (κ2) is 6.53. The van der Waals surface area contributed by atoms with Gasteiger partial charge in [0, 0.05) is 6.54 Å². The van der Waals surface area contributed by atoms with Gasteiger partial charge in [-0.2, -0.15) is 0 Å². The lowest BCUT2D eigenvalue weighted by molar-refractivity contribution is 0.323. The van der Waals surface area contributed by atoms with Crippen molar-refractivity contribution in [1.29, 1.82) is 0 Å². The van der Waals surface area contributed by atoms with E-state index in [1.165, 1.54) is 0 Å². The number of hydrogen-bond donors (Lipinski definition) is 1. The molecular weight excluding hydrogens is 258 g/mol. The highest BCUT2D eigenvalue weighted by molar-refractivity contribution is 7.89. The fourth-order valence-electron chi connectivity index (χ4n) is 1.83. The number of nitrogens with one attached hydrogen (secondary N) is 1. The largest absolute Gasteiger partial charge is 0.240 e. The number of rotatable bonds is 7. The Kier molecular flexibility index (Phi) is 5.56. The number of benzene rings is 1. The van der Waals surface area contributed by atoms with Crippen molar-refractivity contribution < 1.29 is 8.42 Å². The van der Waals surface area contributed by atoms with E-state index in [-0.39, 0.29) is 5.41 Å². The van der Waals surface area contributed by atoms with Gasteiger partial charge in [0.2, 0.25) is 10.0 Å². The van der Waals surface area contributed by atoms with E-state index < -0.39 is 10.0 Å². The zero-order chi connectivity index (χ0) is 14.5. The SMILES string of the molecule is CCCCC(C)(C)CNS(=O)(=O)c1ccc(C)cc1. The van der Waals surface area contributed by atoms with E-state index in [9.17, 15) is 8.42 Å². The minimum Gasteiger partial charge on any atom is -0.211 e. The average molecular weight is 283 g/mol. The highest BCUT2D eigenvalue weighted by Gasteiger charge is 2.21. The van der Waals surface area contributed by atoms with Crippen LogP contribution in [-0.4, -0.2) is 15.0 Å². The maximum absolute atomic E-state index is 12.2. The molecule has 0 aliphatic rings. The number of unbranched alkanes of at least 4 members (excludes halogenated alkanes) is 1. The first kappa shape index (κ1) is 16.2. The lowest BCUT2D eigenvalue weighted by Crippen LogP contribution is -2.34. The highest BCUT2D eigenvalue weighted by Crippen LogP contribution is 2.23. The topological polar surface area (TPSA) is 46.2 Å². The Balaban J connectivity index is 2.68. The quantitative estimate of drug-likeness (QED) is 0.832. The molecule has 1 N–H and O–H groups in total. The Hall–Kier alpha value is -0.870. The van der Waals surface area contributed by atoms with Crippen LogP contribution in [0, 0.1) is 12.3 Å². The Labute approximate surface area is 117 Å². The predicted molar refractivity (Wildman–Crippen MR) is 79.7 cm³/mol. The van der Waals surface area contributed by atoms with Gasteiger partial charge in [-0.3, -0.25) is 0 Å². The van der Waals surface area contributed by atoms with Gasteiger partial charge < -0.3 is 0 Å². The molecule has 3 nitrogen and oxygen atoms in total. The van der Waals surface area contributed by atoms with Crippen LogP contribution in [-0.2, 0) is 10.0 Å². The van der Waals surface area contributed by atoms with Gasteiger partial charge in [0.15, 0.2) is 0 Å². The van der Waals surface area contributed by atoms with Crippen LogP contribution >= 0.6 is 0 Å². The number of sulfonamides is 1. The van der Waals surface area contributed by atoms with Crippen LogP contribution in [0.3, 0.4) is 0 Å².